The second-order valence-electron chi connectivity index (χ2n) is 4.12. The molecule has 0 saturated heterocycles. The molecule has 98 valence electrons. The molecule has 5 heteroatoms. The van der Waals surface area contributed by atoms with Crippen LogP contribution in [0.3, 0.4) is 0 Å². The van der Waals surface area contributed by atoms with Gasteiger partial charge in [-0.3, -0.25) is 15.2 Å². The number of nitrogens with zero attached hydrogens (tertiary/aromatic N) is 1. The maximum absolute atomic E-state index is 11.3. The molecule has 4 nitrogen and oxygen atoms in total. The Kier molecular flexibility index (Phi) is 4.54. The van der Waals surface area contributed by atoms with Crippen LogP contribution in [0.25, 0.3) is 0 Å². The lowest BCUT2D eigenvalue weighted by Crippen LogP contribution is -2.30. The maximum Gasteiger partial charge on any atom is 0.266 e. The van der Waals surface area contributed by atoms with Crippen molar-refractivity contribution in [1.82, 2.24) is 10.4 Å². The number of hydrogen-bond acceptors (Lipinski definition) is 4. The quantitative estimate of drug-likeness (QED) is 0.388. The number of carbonyl (C=O) groups excluding carboxylic acids is 1. The molecule has 0 unspecified atom stereocenters. The number of rotatable bonds is 4. The van der Waals surface area contributed by atoms with E-state index in [1.807, 2.05) is 12.1 Å². The zero-order valence-electron chi connectivity index (χ0n) is 10.6. The normalized spacial score (nSPS) is 10.2. The van der Waals surface area contributed by atoms with E-state index < -0.39 is 0 Å². The van der Waals surface area contributed by atoms with Gasteiger partial charge in [-0.1, -0.05) is 17.7 Å². The fourth-order valence-corrected chi connectivity index (χ4v) is 2.52. The van der Waals surface area contributed by atoms with E-state index >= 15 is 0 Å². The summed E-state index contributed by atoms with van der Waals surface area (Å²) >= 11 is 1.72. The zero-order chi connectivity index (χ0) is 13.7. The summed E-state index contributed by atoms with van der Waals surface area (Å²) in [5, 5.41) is 0. The van der Waals surface area contributed by atoms with Gasteiger partial charge in [0.05, 0.1) is 11.3 Å². The first-order valence-corrected chi connectivity index (χ1v) is 6.83. The highest BCUT2D eigenvalue weighted by Crippen LogP contribution is 2.22. The Morgan fingerprint density at radius 1 is 1.37 bits per heavy atom. The van der Waals surface area contributed by atoms with Crippen molar-refractivity contribution in [3.63, 3.8) is 0 Å². The molecule has 1 aromatic carbocycles. The van der Waals surface area contributed by atoms with Gasteiger partial charge < -0.3 is 0 Å². The molecule has 1 heterocycles. The van der Waals surface area contributed by atoms with Crippen LogP contribution in [0.15, 0.2) is 47.5 Å². The molecule has 0 spiro atoms. The van der Waals surface area contributed by atoms with Crippen molar-refractivity contribution in [1.29, 1.82) is 0 Å². The molecular formula is C14H15N3OS. The molecule has 0 atom stereocenters. The van der Waals surface area contributed by atoms with Crippen LogP contribution < -0.4 is 11.3 Å². The monoisotopic (exact) mass is 273 g/mol. The SMILES string of the molecule is Cc1cccc(SCc2ccc(C(=O)NN)cn2)c1. The van der Waals surface area contributed by atoms with E-state index in [4.69, 9.17) is 5.84 Å². The van der Waals surface area contributed by atoms with Crippen LogP contribution >= 0.6 is 11.8 Å². The minimum atomic E-state index is -0.328. The standard InChI is InChI=1S/C14H15N3OS/c1-10-3-2-4-13(7-10)19-9-12-6-5-11(8-16-12)14(18)17-15/h2-8H,9,15H2,1H3,(H,17,18). The molecule has 0 bridgehead atoms. The predicted octanol–water partition coefficient (Wildman–Crippen LogP) is 2.29. The number of aryl methyl sites for hydroxylation is 1. The number of nitrogen functional groups attached to an aromatic ring is 1. The zero-order valence-corrected chi connectivity index (χ0v) is 11.4. The van der Waals surface area contributed by atoms with Gasteiger partial charge in [0, 0.05) is 16.8 Å². The third-order valence-electron chi connectivity index (χ3n) is 2.59. The fourth-order valence-electron chi connectivity index (χ4n) is 1.59. The Morgan fingerprint density at radius 3 is 2.84 bits per heavy atom. The van der Waals surface area contributed by atoms with Crippen molar-refractivity contribution >= 4 is 17.7 Å². The molecule has 0 saturated carbocycles. The summed E-state index contributed by atoms with van der Waals surface area (Å²) in [7, 11) is 0. The molecule has 3 N–H and O–H groups in total. The minimum absolute atomic E-state index is 0.328. The smallest absolute Gasteiger partial charge is 0.266 e. The predicted molar refractivity (Wildman–Crippen MR) is 76.6 cm³/mol. The molecule has 1 aromatic heterocycles. The van der Waals surface area contributed by atoms with E-state index in [0.717, 1.165) is 11.4 Å². The average molecular weight is 273 g/mol. The summed E-state index contributed by atoms with van der Waals surface area (Å²) in [6.07, 6.45) is 1.54. The van der Waals surface area contributed by atoms with Crippen LogP contribution in [0.5, 0.6) is 0 Å². The first-order valence-electron chi connectivity index (χ1n) is 5.84. The van der Waals surface area contributed by atoms with Gasteiger partial charge in [-0.25, -0.2) is 5.84 Å². The van der Waals surface area contributed by atoms with Crippen molar-refractivity contribution in [2.24, 2.45) is 5.84 Å². The topological polar surface area (TPSA) is 68.0 Å². The largest absolute Gasteiger partial charge is 0.290 e. The molecule has 0 aliphatic heterocycles. The minimum Gasteiger partial charge on any atom is -0.290 e. The lowest BCUT2D eigenvalue weighted by molar-refractivity contribution is 0.0953. The van der Waals surface area contributed by atoms with Crippen LogP contribution in [-0.4, -0.2) is 10.9 Å². The molecule has 1 amide bonds. The Morgan fingerprint density at radius 2 is 2.21 bits per heavy atom. The lowest BCUT2D eigenvalue weighted by Gasteiger charge is -2.04. The number of pyridine rings is 1. The molecule has 19 heavy (non-hydrogen) atoms. The first-order chi connectivity index (χ1) is 9.19. The number of hydrazine groups is 1. The van der Waals surface area contributed by atoms with E-state index in [0.29, 0.717) is 5.56 Å². The highest BCUT2D eigenvalue weighted by Gasteiger charge is 2.04. The van der Waals surface area contributed by atoms with Crippen LogP contribution in [0.4, 0.5) is 0 Å². The van der Waals surface area contributed by atoms with Gasteiger partial charge in [-0.05, 0) is 31.2 Å². The summed E-state index contributed by atoms with van der Waals surface area (Å²) in [6.45, 7) is 2.07. The van der Waals surface area contributed by atoms with Gasteiger partial charge in [0.2, 0.25) is 0 Å². The van der Waals surface area contributed by atoms with Crippen molar-refractivity contribution in [2.75, 3.05) is 0 Å². The van der Waals surface area contributed by atoms with Crippen LogP contribution in [-0.2, 0) is 5.75 Å². The summed E-state index contributed by atoms with van der Waals surface area (Å²) in [6, 6.07) is 11.9. The van der Waals surface area contributed by atoms with Gasteiger partial charge >= 0.3 is 0 Å². The number of hydrogen-bond donors (Lipinski definition) is 2. The number of nitrogens with two attached hydrogens (primary N) is 1. The highest BCUT2D eigenvalue weighted by atomic mass is 32.2. The first kappa shape index (κ1) is 13.6. The van der Waals surface area contributed by atoms with Gasteiger partial charge in [0.1, 0.15) is 0 Å². The number of benzene rings is 1. The number of nitrogens with one attached hydrogen (secondary N) is 1. The summed E-state index contributed by atoms with van der Waals surface area (Å²) in [5.74, 6) is 5.50. The second-order valence-corrected chi connectivity index (χ2v) is 5.17. The lowest BCUT2D eigenvalue weighted by atomic mass is 10.2. The maximum atomic E-state index is 11.3. The Bertz CT molecular complexity index is 569. The van der Waals surface area contributed by atoms with Crippen LogP contribution in [0.1, 0.15) is 21.6 Å². The van der Waals surface area contributed by atoms with Crippen LogP contribution in [0.2, 0.25) is 0 Å². The number of aromatic nitrogens is 1. The molecule has 0 aliphatic rings. The summed E-state index contributed by atoms with van der Waals surface area (Å²) < 4.78 is 0. The Labute approximate surface area is 116 Å². The van der Waals surface area contributed by atoms with Gasteiger partial charge in [-0.2, -0.15) is 0 Å². The molecular weight excluding hydrogens is 258 g/mol. The van der Waals surface area contributed by atoms with Crippen molar-refractivity contribution in [3.8, 4) is 0 Å². The van der Waals surface area contributed by atoms with E-state index in [2.05, 4.69) is 35.5 Å². The summed E-state index contributed by atoms with van der Waals surface area (Å²) in [4.78, 5) is 16.7. The second kappa shape index (κ2) is 6.36. The average Bonchev–Trinajstić information content (AvgIpc) is 2.45. The highest BCUT2D eigenvalue weighted by molar-refractivity contribution is 7.98. The fraction of sp³-hybridized carbons (Fsp3) is 0.143. The van der Waals surface area contributed by atoms with Gasteiger partial charge in [-0.15, -0.1) is 11.8 Å². The molecule has 0 fully saturated rings. The third-order valence-corrected chi connectivity index (χ3v) is 3.62. The van der Waals surface area contributed by atoms with E-state index in [-0.39, 0.29) is 5.91 Å². The molecule has 2 rings (SSSR count). The molecule has 2 aromatic rings. The van der Waals surface area contributed by atoms with E-state index in [1.165, 1.54) is 16.7 Å². The third kappa shape index (κ3) is 3.81. The number of carbonyl (C=O) groups is 1. The molecule has 0 aliphatic carbocycles. The Hall–Kier alpha value is -1.85. The van der Waals surface area contributed by atoms with Gasteiger partial charge in [0.15, 0.2) is 0 Å². The van der Waals surface area contributed by atoms with Crippen LogP contribution in [0, 0.1) is 6.92 Å². The van der Waals surface area contributed by atoms with Crippen molar-refractivity contribution < 1.29 is 4.79 Å². The van der Waals surface area contributed by atoms with Crippen molar-refractivity contribution in [2.45, 2.75) is 17.6 Å². The van der Waals surface area contributed by atoms with E-state index in [9.17, 15) is 4.79 Å². The van der Waals surface area contributed by atoms with Gasteiger partial charge in [0.25, 0.3) is 5.91 Å². The summed E-state index contributed by atoms with van der Waals surface area (Å²) in [5.41, 5.74) is 4.72. The molecule has 0 radical (unpaired) electrons. The number of amides is 1. The number of thioether (sulfide) groups is 1. The van der Waals surface area contributed by atoms with Crippen molar-refractivity contribution in [3.05, 3.63) is 59.4 Å². The Balaban J connectivity index is 1.98. The van der Waals surface area contributed by atoms with E-state index in [1.54, 1.807) is 17.8 Å².